The highest BCUT2D eigenvalue weighted by Gasteiger charge is 2.33. The number of rotatable bonds is 5. The molecule has 1 aliphatic carbocycles. The fraction of sp³-hybridized carbons (Fsp3) is 0.0870. The van der Waals surface area contributed by atoms with Crippen molar-refractivity contribution in [2.45, 2.75) is 18.9 Å². The van der Waals surface area contributed by atoms with Crippen molar-refractivity contribution in [1.82, 2.24) is 0 Å². The van der Waals surface area contributed by atoms with Crippen LogP contribution in [0.2, 0.25) is 0 Å². The average Bonchev–Trinajstić information content (AvgIpc) is 3.60. The predicted molar refractivity (Wildman–Crippen MR) is 202 cm³/mol. The zero-order valence-electron chi connectivity index (χ0n) is 26.3. The summed E-state index contributed by atoms with van der Waals surface area (Å²) in [5.41, 5.74) is 8.93. The number of hydrogen-bond donors (Lipinski definition) is 0. The van der Waals surface area contributed by atoms with Gasteiger partial charge in [-0.05, 0) is 85.1 Å². The van der Waals surface area contributed by atoms with Gasteiger partial charge in [-0.15, -0.1) is 0 Å². The highest BCUT2D eigenvalue weighted by molar-refractivity contribution is 6.24. The van der Waals surface area contributed by atoms with Crippen molar-refractivity contribution >= 4 is 43.7 Å². The van der Waals surface area contributed by atoms with Crippen molar-refractivity contribution in [1.29, 1.82) is 0 Å². The van der Waals surface area contributed by atoms with E-state index in [-0.39, 0.29) is 0 Å². The molecule has 0 radical (unpaired) electrons. The summed E-state index contributed by atoms with van der Waals surface area (Å²) >= 11 is 0. The Morgan fingerprint density at radius 1 is 0.489 bits per heavy atom. The van der Waals surface area contributed by atoms with Crippen molar-refractivity contribution in [3.63, 3.8) is 0 Å². The monoisotopic (exact) mass is 601 g/mol. The molecule has 0 fully saturated rings. The van der Waals surface area contributed by atoms with Gasteiger partial charge in [-0.1, -0.05) is 164 Å². The molecule has 7 aromatic carbocycles. The van der Waals surface area contributed by atoms with E-state index in [2.05, 4.69) is 181 Å². The van der Waals surface area contributed by atoms with Gasteiger partial charge in [0.15, 0.2) is 0 Å². The number of hydrogen-bond acceptors (Lipinski definition) is 1. The molecule has 2 aliphatic rings. The Hall–Kier alpha value is -5.66. The van der Waals surface area contributed by atoms with Gasteiger partial charge in [0.05, 0.1) is 0 Å². The number of allylic oxidation sites excluding steroid dienone is 3. The second kappa shape index (κ2) is 11.6. The Balaban J connectivity index is 1.35. The third kappa shape index (κ3) is 4.70. The van der Waals surface area contributed by atoms with Crippen LogP contribution in [0.4, 0.5) is 5.69 Å². The first-order chi connectivity index (χ1) is 23.3. The number of nitrogens with zero attached hydrogens (tertiary/aromatic N) is 1. The van der Waals surface area contributed by atoms with Crippen LogP contribution < -0.4 is 4.90 Å². The average molecular weight is 602 g/mol. The van der Waals surface area contributed by atoms with E-state index in [9.17, 15) is 0 Å². The van der Waals surface area contributed by atoms with Crippen LogP contribution in [0.1, 0.15) is 18.4 Å². The summed E-state index contributed by atoms with van der Waals surface area (Å²) in [6.07, 6.45) is 13.7. The van der Waals surface area contributed by atoms with Crippen molar-refractivity contribution in [2.24, 2.45) is 5.92 Å². The molecule has 0 saturated carbocycles. The molecule has 1 aliphatic heterocycles. The molecule has 0 spiro atoms. The van der Waals surface area contributed by atoms with Crippen LogP contribution in [-0.2, 0) is 0 Å². The molecule has 1 heteroatoms. The third-order valence-corrected chi connectivity index (χ3v) is 10.1. The van der Waals surface area contributed by atoms with E-state index >= 15 is 0 Å². The normalized spacial score (nSPS) is 17.5. The van der Waals surface area contributed by atoms with Crippen LogP contribution in [-0.4, -0.2) is 6.04 Å². The van der Waals surface area contributed by atoms with Gasteiger partial charge in [0.25, 0.3) is 0 Å². The first-order valence-corrected chi connectivity index (χ1v) is 16.8. The van der Waals surface area contributed by atoms with E-state index in [0.29, 0.717) is 12.0 Å². The van der Waals surface area contributed by atoms with Gasteiger partial charge in [0.1, 0.15) is 0 Å². The lowest BCUT2D eigenvalue weighted by atomic mass is 9.84. The summed E-state index contributed by atoms with van der Waals surface area (Å²) < 4.78 is 0. The molecule has 2 unspecified atom stereocenters. The third-order valence-electron chi connectivity index (χ3n) is 10.1. The SMILES string of the molecule is C1=CCC(C2CC=C(c3ccccc3)N2c2ccc3c(-c4cccc5ccccc45)c4ccccc4c(-c4ccccc4)c3c2)C=C1. The van der Waals surface area contributed by atoms with Gasteiger partial charge in [0.2, 0.25) is 0 Å². The quantitative estimate of drug-likeness (QED) is 0.177. The van der Waals surface area contributed by atoms with E-state index in [0.717, 1.165) is 12.8 Å². The summed E-state index contributed by atoms with van der Waals surface area (Å²) in [7, 11) is 0. The van der Waals surface area contributed by atoms with Gasteiger partial charge in [-0.2, -0.15) is 0 Å². The van der Waals surface area contributed by atoms with E-state index in [4.69, 9.17) is 0 Å². The zero-order chi connectivity index (χ0) is 31.2. The number of fused-ring (bicyclic) bond motifs is 3. The lowest BCUT2D eigenvalue weighted by molar-refractivity contribution is 0.514. The number of benzene rings is 7. The van der Waals surface area contributed by atoms with Gasteiger partial charge >= 0.3 is 0 Å². The molecule has 0 N–H and O–H groups in total. The first kappa shape index (κ1) is 27.6. The standard InChI is InChI=1S/C46H35N/c1-4-16-33(17-5-1)43-29-30-44(34-18-6-2-7-19-34)47(43)36-27-28-41-42(31-36)45(35-20-8-3-9-21-35)39-24-12-13-25-40(39)46(41)38-26-14-22-32-15-10-11-23-37(32)38/h1-18,20-29,31,34,44H,19,30H2. The van der Waals surface area contributed by atoms with Crippen LogP contribution in [0.25, 0.3) is 60.3 Å². The van der Waals surface area contributed by atoms with Crippen molar-refractivity contribution < 1.29 is 0 Å². The highest BCUT2D eigenvalue weighted by Crippen LogP contribution is 2.48. The predicted octanol–water partition coefficient (Wildman–Crippen LogP) is 12.2. The molecule has 0 bridgehead atoms. The molecule has 0 saturated heterocycles. The van der Waals surface area contributed by atoms with Crippen LogP contribution in [0.3, 0.4) is 0 Å². The van der Waals surface area contributed by atoms with Crippen molar-refractivity contribution in [2.75, 3.05) is 4.90 Å². The summed E-state index contributed by atoms with van der Waals surface area (Å²) in [5, 5.41) is 7.67. The minimum atomic E-state index is 0.349. The molecule has 2 atom stereocenters. The summed E-state index contributed by atoms with van der Waals surface area (Å²) in [6.45, 7) is 0. The van der Waals surface area contributed by atoms with Crippen LogP contribution in [0.15, 0.2) is 176 Å². The minimum Gasteiger partial charge on any atom is -0.337 e. The van der Waals surface area contributed by atoms with Crippen molar-refractivity contribution in [3.05, 3.63) is 182 Å². The van der Waals surface area contributed by atoms with E-state index in [1.807, 2.05) is 0 Å². The Labute approximate surface area is 276 Å². The van der Waals surface area contributed by atoms with Gasteiger partial charge < -0.3 is 4.90 Å². The molecule has 0 aromatic heterocycles. The molecule has 47 heavy (non-hydrogen) atoms. The molecule has 0 amide bonds. The summed E-state index contributed by atoms with van der Waals surface area (Å²) in [5.74, 6) is 0.449. The Morgan fingerprint density at radius 3 is 1.91 bits per heavy atom. The second-order valence-electron chi connectivity index (χ2n) is 12.8. The van der Waals surface area contributed by atoms with Crippen molar-refractivity contribution in [3.8, 4) is 22.3 Å². The summed E-state index contributed by atoms with van der Waals surface area (Å²) in [4.78, 5) is 2.63. The maximum Gasteiger partial charge on any atom is 0.0447 e. The van der Waals surface area contributed by atoms with E-state index < -0.39 is 0 Å². The van der Waals surface area contributed by atoms with Crippen LogP contribution >= 0.6 is 0 Å². The largest absolute Gasteiger partial charge is 0.337 e. The van der Waals surface area contributed by atoms with Crippen LogP contribution in [0, 0.1) is 5.92 Å². The molecule has 7 aromatic rings. The highest BCUT2D eigenvalue weighted by atomic mass is 15.2. The topological polar surface area (TPSA) is 3.24 Å². The maximum absolute atomic E-state index is 2.63. The Morgan fingerprint density at radius 2 is 1.15 bits per heavy atom. The lowest BCUT2D eigenvalue weighted by Crippen LogP contribution is -2.35. The fourth-order valence-electron chi connectivity index (χ4n) is 8.03. The Bertz CT molecular complexity index is 2360. The molecular weight excluding hydrogens is 567 g/mol. The minimum absolute atomic E-state index is 0.349. The lowest BCUT2D eigenvalue weighted by Gasteiger charge is -2.35. The molecular formula is C46H35N. The molecule has 9 rings (SSSR count). The number of anilines is 1. The zero-order valence-corrected chi connectivity index (χ0v) is 26.3. The smallest absolute Gasteiger partial charge is 0.0447 e. The maximum atomic E-state index is 2.63. The van der Waals surface area contributed by atoms with Gasteiger partial charge in [-0.3, -0.25) is 0 Å². The van der Waals surface area contributed by atoms with E-state index in [1.54, 1.807) is 0 Å². The van der Waals surface area contributed by atoms with E-state index in [1.165, 1.54) is 71.5 Å². The molecule has 1 heterocycles. The fourth-order valence-corrected chi connectivity index (χ4v) is 8.03. The second-order valence-corrected chi connectivity index (χ2v) is 12.8. The van der Waals surface area contributed by atoms with Gasteiger partial charge in [-0.25, -0.2) is 0 Å². The summed E-state index contributed by atoms with van der Waals surface area (Å²) in [6, 6.07) is 54.0. The van der Waals surface area contributed by atoms with Gasteiger partial charge in [0, 0.05) is 23.3 Å². The molecule has 1 nitrogen and oxygen atoms in total. The first-order valence-electron chi connectivity index (χ1n) is 16.8. The molecule has 224 valence electrons. The van der Waals surface area contributed by atoms with Crippen LogP contribution in [0.5, 0.6) is 0 Å². The Kier molecular flexibility index (Phi) is 6.82.